The largest absolute Gasteiger partial charge is 0.378 e. The van der Waals surface area contributed by atoms with Crippen molar-refractivity contribution < 1.29 is 38.2 Å². The number of aromatic nitrogens is 6. The lowest BCUT2D eigenvalue weighted by Gasteiger charge is -2.35. The van der Waals surface area contributed by atoms with Gasteiger partial charge in [0.2, 0.25) is 11.9 Å². The highest BCUT2D eigenvalue weighted by atomic mass is 16.5. The lowest BCUT2D eigenvalue weighted by molar-refractivity contribution is 0.0301. The Bertz CT molecular complexity index is 2470. The summed E-state index contributed by atoms with van der Waals surface area (Å²) in [6.07, 6.45) is 3.55. The van der Waals surface area contributed by atoms with E-state index < -0.39 is 11.8 Å². The summed E-state index contributed by atoms with van der Waals surface area (Å²) in [7, 11) is 0. The second kappa shape index (κ2) is 23.3. The van der Waals surface area contributed by atoms with Crippen LogP contribution in [0, 0.1) is 0 Å². The Morgan fingerprint density at radius 1 is 0.529 bits per heavy atom. The van der Waals surface area contributed by atoms with Gasteiger partial charge in [0, 0.05) is 100 Å². The molecule has 25 nitrogen and oxygen atoms in total. The predicted octanol–water partition coefficient (Wildman–Crippen LogP) is 0.311. The molecule has 0 spiro atoms. The molecule has 0 saturated carbocycles. The van der Waals surface area contributed by atoms with Crippen molar-refractivity contribution >= 4 is 64.6 Å². The number of benzene rings is 2. The molecule has 0 radical (unpaired) electrons. The Hall–Kier alpha value is -7.35. The fourth-order valence-corrected chi connectivity index (χ4v) is 8.47. The van der Waals surface area contributed by atoms with E-state index in [-0.39, 0.29) is 53.0 Å². The molecule has 0 bridgehead atoms. The van der Waals surface area contributed by atoms with Gasteiger partial charge < -0.3 is 71.9 Å². The number of morpholine rings is 3. The van der Waals surface area contributed by atoms with Crippen LogP contribution in [0.5, 0.6) is 0 Å². The number of nitrogens with zero attached hydrogens (tertiary/aromatic N) is 11. The first-order chi connectivity index (χ1) is 34.0. The summed E-state index contributed by atoms with van der Waals surface area (Å²) in [5.41, 5.74) is 19.3. The highest BCUT2D eigenvalue weighted by molar-refractivity contribution is 5.98. The van der Waals surface area contributed by atoms with E-state index in [1.54, 1.807) is 63.2 Å². The highest BCUT2D eigenvalue weighted by Crippen LogP contribution is 2.25. The molecular weight excluding hydrogens is 907 g/mol. The van der Waals surface area contributed by atoms with Crippen LogP contribution in [0.15, 0.2) is 48.5 Å². The number of urea groups is 1. The molecule has 5 aliphatic rings. The first-order valence-corrected chi connectivity index (χ1v) is 23.4. The van der Waals surface area contributed by atoms with Crippen LogP contribution in [0.2, 0.25) is 0 Å². The van der Waals surface area contributed by atoms with Crippen LogP contribution in [0.4, 0.5) is 39.7 Å². The number of primary amides is 2. The van der Waals surface area contributed by atoms with Crippen molar-refractivity contribution in [3.8, 4) is 0 Å². The number of hydrogen-bond acceptors (Lipinski definition) is 19. The number of anilines is 6. The predicted molar refractivity (Wildman–Crippen MR) is 255 cm³/mol. The van der Waals surface area contributed by atoms with Gasteiger partial charge >= 0.3 is 6.03 Å². The van der Waals surface area contributed by atoms with Gasteiger partial charge in [-0.05, 0) is 74.2 Å². The SMILES string of the molecule is NC(=O)c1nnc(N2CCC[C@@H](N)C2)nc1Nc1ccc(C(=O)N2CCOCC2)cc1.NC(=O)c1nnc(N2CCC[C@@H](NC(=O)N3CCOCC3)C2)nc1Nc1ccc(C(=O)N2CCOCC2)cc1. The molecule has 6 amide bonds. The quantitative estimate of drug-likeness (QED) is 0.118. The number of ether oxygens (including phenoxy) is 3. The van der Waals surface area contributed by atoms with Gasteiger partial charge in [-0.3, -0.25) is 19.2 Å². The maximum absolute atomic E-state index is 12.7. The van der Waals surface area contributed by atoms with E-state index in [1.807, 2.05) is 9.80 Å². The Balaban J connectivity index is 0.000000193. The van der Waals surface area contributed by atoms with Crippen molar-refractivity contribution in [2.24, 2.45) is 17.2 Å². The molecule has 2 aromatic carbocycles. The third-order valence-corrected chi connectivity index (χ3v) is 12.3. The van der Waals surface area contributed by atoms with Crippen LogP contribution >= 0.6 is 0 Å². The molecule has 7 heterocycles. The number of amides is 6. The standard InChI is InChI=1S/C25H33N9O5.C20H26N8O3/c26-21(35)20-22(27-18-5-3-17(4-6-18)23(36)32-8-12-38-13-9-32)29-24(31-30-20)34-7-1-2-19(16-34)28-25(37)33-10-14-39-15-11-33;21-14-2-1-7-28(12-14)20-24-18(16(17(22)29)25-26-20)23-15-5-3-13(4-6-15)19(30)27-8-10-31-11-9-27/h3-6,19H,1-2,7-16H2,(H2,26,35)(H,28,37)(H,27,29,31);3-6,14H,1-2,7-12,21H2,(H2,22,29)(H,23,24,26)/t19-;14-/m11/s1. The average molecular weight is 966 g/mol. The molecule has 5 fully saturated rings. The number of piperidine rings is 2. The maximum atomic E-state index is 12.7. The molecule has 25 heteroatoms. The summed E-state index contributed by atoms with van der Waals surface area (Å²) in [6.45, 7) is 9.23. The van der Waals surface area contributed by atoms with E-state index in [0.717, 1.165) is 32.2 Å². The van der Waals surface area contributed by atoms with Crippen LogP contribution in [-0.2, 0) is 14.2 Å². The zero-order chi connectivity index (χ0) is 49.0. The summed E-state index contributed by atoms with van der Waals surface area (Å²) < 4.78 is 15.9. The van der Waals surface area contributed by atoms with Crippen molar-refractivity contribution in [2.45, 2.75) is 37.8 Å². The Kier molecular flexibility index (Phi) is 16.3. The molecule has 0 unspecified atom stereocenters. The molecule has 70 heavy (non-hydrogen) atoms. The molecule has 2 atom stereocenters. The van der Waals surface area contributed by atoms with Crippen LogP contribution in [0.1, 0.15) is 67.4 Å². The van der Waals surface area contributed by atoms with Crippen molar-refractivity contribution in [2.75, 3.05) is 126 Å². The molecule has 2 aromatic heterocycles. The molecule has 372 valence electrons. The second-order valence-corrected chi connectivity index (χ2v) is 17.2. The van der Waals surface area contributed by atoms with E-state index in [2.05, 4.69) is 46.3 Å². The number of hydrogen-bond donors (Lipinski definition) is 6. The van der Waals surface area contributed by atoms with Gasteiger partial charge in [0.05, 0.1) is 39.6 Å². The van der Waals surface area contributed by atoms with Crippen LogP contribution in [-0.4, -0.2) is 192 Å². The van der Waals surface area contributed by atoms with E-state index in [9.17, 15) is 24.0 Å². The van der Waals surface area contributed by atoms with Crippen molar-refractivity contribution in [3.63, 3.8) is 0 Å². The highest BCUT2D eigenvalue weighted by Gasteiger charge is 2.28. The number of carbonyl (C=O) groups excluding carboxylic acids is 5. The van der Waals surface area contributed by atoms with Crippen LogP contribution < -0.4 is 43.0 Å². The van der Waals surface area contributed by atoms with Crippen molar-refractivity contribution in [3.05, 3.63) is 71.0 Å². The molecule has 5 saturated heterocycles. The first-order valence-electron chi connectivity index (χ1n) is 23.4. The second-order valence-electron chi connectivity index (χ2n) is 17.2. The molecule has 9 rings (SSSR count). The number of carbonyl (C=O) groups is 5. The smallest absolute Gasteiger partial charge is 0.317 e. The lowest BCUT2D eigenvalue weighted by Crippen LogP contribution is -2.54. The summed E-state index contributed by atoms with van der Waals surface area (Å²) in [5.74, 6) is -0.507. The van der Waals surface area contributed by atoms with E-state index in [4.69, 9.17) is 31.4 Å². The average Bonchev–Trinajstić information content (AvgIpc) is 3.39. The van der Waals surface area contributed by atoms with Gasteiger partial charge in [-0.25, -0.2) is 4.79 Å². The van der Waals surface area contributed by atoms with Crippen LogP contribution in [0.3, 0.4) is 0 Å². The minimum atomic E-state index is -0.766. The van der Waals surface area contributed by atoms with Gasteiger partial charge in [0.15, 0.2) is 23.0 Å². The zero-order valence-electron chi connectivity index (χ0n) is 38.8. The Morgan fingerprint density at radius 2 is 0.943 bits per heavy atom. The van der Waals surface area contributed by atoms with E-state index in [1.165, 1.54) is 0 Å². The van der Waals surface area contributed by atoms with Gasteiger partial charge in [-0.1, -0.05) is 0 Å². The summed E-state index contributed by atoms with van der Waals surface area (Å²) in [5, 5.41) is 25.5. The summed E-state index contributed by atoms with van der Waals surface area (Å²) in [6, 6.07) is 13.7. The third-order valence-electron chi connectivity index (χ3n) is 12.3. The summed E-state index contributed by atoms with van der Waals surface area (Å²) >= 11 is 0. The van der Waals surface area contributed by atoms with Gasteiger partial charge in [0.1, 0.15) is 0 Å². The topological polar surface area (TPSA) is 321 Å². The summed E-state index contributed by atoms with van der Waals surface area (Å²) in [4.78, 5) is 80.0. The fraction of sp³-hybridized carbons (Fsp3) is 0.489. The number of nitrogens with one attached hydrogen (secondary N) is 3. The van der Waals surface area contributed by atoms with Crippen molar-refractivity contribution in [1.82, 2.24) is 50.4 Å². The van der Waals surface area contributed by atoms with E-state index in [0.29, 0.717) is 133 Å². The van der Waals surface area contributed by atoms with Crippen molar-refractivity contribution in [1.29, 1.82) is 0 Å². The maximum Gasteiger partial charge on any atom is 0.317 e. The monoisotopic (exact) mass is 965 g/mol. The fourth-order valence-electron chi connectivity index (χ4n) is 8.47. The first kappa shape index (κ1) is 49.1. The zero-order valence-corrected chi connectivity index (χ0v) is 38.8. The molecule has 5 aliphatic heterocycles. The number of rotatable bonds is 11. The molecule has 9 N–H and O–H groups in total. The normalized spacial score (nSPS) is 19.6. The number of nitrogens with two attached hydrogens (primary N) is 3. The Labute approximate surface area is 403 Å². The van der Waals surface area contributed by atoms with Gasteiger partial charge in [-0.2, -0.15) is 9.97 Å². The molecular formula is C45H59N17O8. The molecule has 4 aromatic rings. The van der Waals surface area contributed by atoms with E-state index >= 15 is 0 Å². The minimum absolute atomic E-state index is 0.0416. The van der Waals surface area contributed by atoms with Crippen LogP contribution in [0.25, 0.3) is 0 Å². The van der Waals surface area contributed by atoms with Gasteiger partial charge in [-0.15, -0.1) is 20.4 Å². The minimum Gasteiger partial charge on any atom is -0.378 e. The Morgan fingerprint density at radius 3 is 1.37 bits per heavy atom. The lowest BCUT2D eigenvalue weighted by atomic mass is 10.1. The van der Waals surface area contributed by atoms with Gasteiger partial charge in [0.25, 0.3) is 23.6 Å². The molecule has 0 aliphatic carbocycles. The third kappa shape index (κ3) is 12.6.